The molecule has 3 nitrogen and oxygen atoms in total. The Morgan fingerprint density at radius 2 is 2.05 bits per heavy atom. The highest BCUT2D eigenvalue weighted by molar-refractivity contribution is 5.84. The van der Waals surface area contributed by atoms with Crippen molar-refractivity contribution in [3.8, 4) is 0 Å². The molecule has 2 saturated heterocycles. The van der Waals surface area contributed by atoms with Gasteiger partial charge in [0, 0.05) is 19.1 Å². The highest BCUT2D eigenvalue weighted by Crippen LogP contribution is 2.53. The Labute approximate surface area is 129 Å². The van der Waals surface area contributed by atoms with Crippen LogP contribution in [0.5, 0.6) is 0 Å². The van der Waals surface area contributed by atoms with Gasteiger partial charge in [-0.2, -0.15) is 0 Å². The van der Waals surface area contributed by atoms with E-state index in [0.717, 1.165) is 38.9 Å². The fourth-order valence-corrected chi connectivity index (χ4v) is 5.73. The van der Waals surface area contributed by atoms with E-state index in [1.54, 1.807) is 0 Å². The predicted molar refractivity (Wildman–Crippen MR) is 86.1 cm³/mol. The summed E-state index contributed by atoms with van der Waals surface area (Å²) in [5.74, 6) is 0.459. The van der Waals surface area contributed by atoms with Gasteiger partial charge in [-0.15, -0.1) is 0 Å². The lowest BCUT2D eigenvalue weighted by Gasteiger charge is -2.40. The number of nitrogens with zero attached hydrogens (tertiary/aromatic N) is 1. The van der Waals surface area contributed by atoms with Gasteiger partial charge >= 0.3 is 0 Å². The van der Waals surface area contributed by atoms with Crippen molar-refractivity contribution >= 4 is 5.91 Å². The van der Waals surface area contributed by atoms with Crippen molar-refractivity contribution in [2.75, 3.05) is 19.6 Å². The topological polar surface area (TPSA) is 32.3 Å². The maximum atomic E-state index is 13.3. The van der Waals surface area contributed by atoms with Crippen LogP contribution in [-0.4, -0.2) is 36.5 Å². The van der Waals surface area contributed by atoms with E-state index >= 15 is 0 Å². The van der Waals surface area contributed by atoms with Gasteiger partial charge in [0.05, 0.1) is 5.41 Å². The van der Waals surface area contributed by atoms with Crippen LogP contribution in [0.2, 0.25) is 0 Å². The maximum absolute atomic E-state index is 13.3. The lowest BCUT2D eigenvalue weighted by Crippen LogP contribution is -2.47. The third-order valence-corrected chi connectivity index (χ3v) is 6.10. The van der Waals surface area contributed by atoms with Crippen LogP contribution in [0.1, 0.15) is 66.2 Å². The average molecular weight is 292 g/mol. The molecular weight excluding hydrogens is 260 g/mol. The number of fused-ring (bicyclic) bond motifs is 2. The normalized spacial score (nSPS) is 41.5. The molecule has 2 heterocycles. The molecule has 1 amide bonds. The lowest BCUT2D eigenvalue weighted by molar-refractivity contribution is -0.142. The molecule has 0 aromatic rings. The van der Waals surface area contributed by atoms with Crippen molar-refractivity contribution in [2.45, 2.75) is 72.3 Å². The highest BCUT2D eigenvalue weighted by atomic mass is 16.2. The molecule has 0 aromatic heterocycles. The summed E-state index contributed by atoms with van der Waals surface area (Å²) >= 11 is 0. The quantitative estimate of drug-likeness (QED) is 0.866. The zero-order valence-electron chi connectivity index (χ0n) is 14.3. The number of carbonyl (C=O) groups is 1. The Balaban J connectivity index is 1.82. The molecule has 2 bridgehead atoms. The minimum atomic E-state index is -0.104. The van der Waals surface area contributed by atoms with Gasteiger partial charge in [0.1, 0.15) is 0 Å². The van der Waals surface area contributed by atoms with Crippen LogP contribution >= 0.6 is 0 Å². The van der Waals surface area contributed by atoms with E-state index in [2.05, 4.69) is 37.9 Å². The van der Waals surface area contributed by atoms with E-state index in [-0.39, 0.29) is 5.41 Å². The van der Waals surface area contributed by atoms with Gasteiger partial charge in [-0.25, -0.2) is 0 Å². The fourth-order valence-electron chi connectivity index (χ4n) is 5.73. The number of amides is 1. The first-order valence-corrected chi connectivity index (χ1v) is 8.81. The van der Waals surface area contributed by atoms with Crippen LogP contribution in [0.25, 0.3) is 0 Å². The first-order chi connectivity index (χ1) is 9.79. The number of rotatable bonds is 3. The molecule has 2 aliphatic heterocycles. The van der Waals surface area contributed by atoms with E-state index in [4.69, 9.17) is 0 Å². The Kier molecular flexibility index (Phi) is 3.63. The summed E-state index contributed by atoms with van der Waals surface area (Å²) in [5, 5.41) is 3.44. The lowest BCUT2D eigenvalue weighted by atomic mass is 9.65. The molecule has 0 aromatic carbocycles. The van der Waals surface area contributed by atoms with Crippen LogP contribution in [0.4, 0.5) is 0 Å². The van der Waals surface area contributed by atoms with Gasteiger partial charge in [0.15, 0.2) is 0 Å². The minimum absolute atomic E-state index is 0.104. The predicted octanol–water partition coefficient (Wildman–Crippen LogP) is 3.19. The average Bonchev–Trinajstić information content (AvgIpc) is 2.91. The minimum Gasteiger partial charge on any atom is -0.339 e. The van der Waals surface area contributed by atoms with Crippen LogP contribution in [0, 0.1) is 16.2 Å². The summed E-state index contributed by atoms with van der Waals surface area (Å²) in [6.07, 6.45) is 6.85. The van der Waals surface area contributed by atoms with Crippen molar-refractivity contribution in [3.63, 3.8) is 0 Å². The number of hydrogen-bond acceptors (Lipinski definition) is 2. The molecule has 120 valence electrons. The van der Waals surface area contributed by atoms with Gasteiger partial charge in [0.25, 0.3) is 0 Å². The number of likely N-dealkylation sites (tertiary alicyclic amines) is 1. The zero-order chi connectivity index (χ0) is 15.3. The first kappa shape index (κ1) is 15.3. The Morgan fingerprint density at radius 1 is 1.29 bits per heavy atom. The number of nitrogens with one attached hydrogen (secondary N) is 1. The summed E-state index contributed by atoms with van der Waals surface area (Å²) in [5.41, 5.74) is 0.632. The second-order valence-electron chi connectivity index (χ2n) is 9.10. The van der Waals surface area contributed by atoms with E-state index < -0.39 is 0 Å². The van der Waals surface area contributed by atoms with Crippen molar-refractivity contribution in [3.05, 3.63) is 0 Å². The summed E-state index contributed by atoms with van der Waals surface area (Å²) in [6.45, 7) is 12.3. The van der Waals surface area contributed by atoms with Gasteiger partial charge in [-0.1, -0.05) is 34.1 Å². The summed E-state index contributed by atoms with van der Waals surface area (Å²) < 4.78 is 0. The molecule has 3 unspecified atom stereocenters. The Hall–Kier alpha value is -0.570. The molecule has 1 N–H and O–H groups in total. The Morgan fingerprint density at radius 3 is 2.67 bits per heavy atom. The van der Waals surface area contributed by atoms with E-state index in [9.17, 15) is 4.79 Å². The molecule has 1 saturated carbocycles. The van der Waals surface area contributed by atoms with Crippen molar-refractivity contribution in [1.29, 1.82) is 0 Å². The van der Waals surface area contributed by atoms with Crippen LogP contribution < -0.4 is 5.32 Å². The molecule has 3 rings (SSSR count). The number of carbonyl (C=O) groups excluding carboxylic acids is 1. The molecule has 3 aliphatic rings. The maximum Gasteiger partial charge on any atom is 0.230 e. The van der Waals surface area contributed by atoms with Crippen molar-refractivity contribution in [1.82, 2.24) is 10.2 Å². The summed E-state index contributed by atoms with van der Waals surface area (Å²) in [6, 6.07) is 0.487. The van der Waals surface area contributed by atoms with Gasteiger partial charge in [-0.3, -0.25) is 4.79 Å². The van der Waals surface area contributed by atoms with E-state index in [0.29, 0.717) is 22.8 Å². The molecule has 3 heteroatoms. The summed E-state index contributed by atoms with van der Waals surface area (Å²) in [7, 11) is 0. The third-order valence-electron chi connectivity index (χ3n) is 6.10. The van der Waals surface area contributed by atoms with Gasteiger partial charge in [0.2, 0.25) is 5.91 Å². The molecule has 3 fully saturated rings. The first-order valence-electron chi connectivity index (χ1n) is 8.81. The second kappa shape index (κ2) is 4.97. The fraction of sp³-hybridized carbons (Fsp3) is 0.944. The SMILES string of the molecule is CCCC1(C(=O)N2CC3(C)CC2CC(C)(C)C3)CCNC1. The zero-order valence-corrected chi connectivity index (χ0v) is 14.3. The van der Waals surface area contributed by atoms with Crippen LogP contribution in [0.3, 0.4) is 0 Å². The smallest absolute Gasteiger partial charge is 0.230 e. The van der Waals surface area contributed by atoms with Gasteiger partial charge < -0.3 is 10.2 Å². The third kappa shape index (κ3) is 2.62. The number of hydrogen-bond donors (Lipinski definition) is 1. The molecule has 3 atom stereocenters. The highest BCUT2D eigenvalue weighted by Gasteiger charge is 2.54. The van der Waals surface area contributed by atoms with Gasteiger partial charge in [-0.05, 0) is 49.5 Å². The largest absolute Gasteiger partial charge is 0.339 e. The standard InChI is InChI=1S/C18H32N2O/c1-5-6-18(7-8-19-12-18)15(21)20-13-17(4)10-14(20)9-16(2,3)11-17/h14,19H,5-13H2,1-4H3. The molecule has 0 spiro atoms. The van der Waals surface area contributed by atoms with E-state index in [1.807, 2.05) is 0 Å². The summed E-state index contributed by atoms with van der Waals surface area (Å²) in [4.78, 5) is 15.6. The van der Waals surface area contributed by atoms with Crippen molar-refractivity contribution < 1.29 is 4.79 Å². The second-order valence-corrected chi connectivity index (χ2v) is 9.10. The van der Waals surface area contributed by atoms with Crippen LogP contribution in [-0.2, 0) is 4.79 Å². The Bertz CT molecular complexity index is 425. The monoisotopic (exact) mass is 292 g/mol. The van der Waals surface area contributed by atoms with Crippen molar-refractivity contribution in [2.24, 2.45) is 16.2 Å². The molecular formula is C18H32N2O. The van der Waals surface area contributed by atoms with Crippen LogP contribution in [0.15, 0.2) is 0 Å². The molecule has 1 aliphatic carbocycles. The molecule has 21 heavy (non-hydrogen) atoms. The van der Waals surface area contributed by atoms with E-state index in [1.165, 1.54) is 19.3 Å². The molecule has 0 radical (unpaired) electrons.